The smallest absolute Gasteiger partial charge is 0.215 e. The minimum Gasteiger partial charge on any atom is -0.481 e. The molecule has 0 spiro atoms. The molecule has 0 aliphatic heterocycles. The van der Waals surface area contributed by atoms with Gasteiger partial charge in [0.05, 0.1) is 17.2 Å². The molecular formula is C14H13Cl2NOS. The van der Waals surface area contributed by atoms with Crippen molar-refractivity contribution in [1.82, 2.24) is 4.98 Å². The number of hydrogen-bond acceptors (Lipinski definition) is 3. The summed E-state index contributed by atoms with van der Waals surface area (Å²) in [6.45, 7) is 1.99. The molecule has 0 fully saturated rings. The molecule has 0 saturated carbocycles. The molecule has 0 aliphatic rings. The minimum absolute atomic E-state index is 0.577. The van der Waals surface area contributed by atoms with Gasteiger partial charge in [0.25, 0.3) is 0 Å². The van der Waals surface area contributed by atoms with Crippen LogP contribution in [0, 0.1) is 6.92 Å². The normalized spacial score (nSPS) is 10.5. The van der Waals surface area contributed by atoms with Crippen LogP contribution >= 0.6 is 35.0 Å². The number of hydrogen-bond donors (Lipinski definition) is 0. The van der Waals surface area contributed by atoms with Crippen LogP contribution in [0.1, 0.15) is 11.1 Å². The lowest BCUT2D eigenvalue weighted by Gasteiger charge is -2.07. The van der Waals surface area contributed by atoms with E-state index in [0.29, 0.717) is 15.9 Å². The second kappa shape index (κ2) is 6.51. The summed E-state index contributed by atoms with van der Waals surface area (Å²) in [4.78, 5) is 5.34. The maximum absolute atomic E-state index is 5.99. The predicted octanol–water partition coefficient (Wildman–Crippen LogP) is 5.00. The molecule has 0 radical (unpaired) electrons. The van der Waals surface area contributed by atoms with Gasteiger partial charge < -0.3 is 4.74 Å². The van der Waals surface area contributed by atoms with Gasteiger partial charge in [0, 0.05) is 22.4 Å². The standard InChI is InChI=1S/C14H13Cl2NOS/c1-9-5-10(7-17-14(9)18-2)8-19-11-3-4-12(15)13(16)6-11/h3-7H,8H2,1-2H3. The monoisotopic (exact) mass is 313 g/mol. The van der Waals surface area contributed by atoms with E-state index in [1.807, 2.05) is 31.3 Å². The molecule has 1 aromatic carbocycles. The van der Waals surface area contributed by atoms with Crippen LogP contribution in [-0.4, -0.2) is 12.1 Å². The van der Waals surface area contributed by atoms with E-state index < -0.39 is 0 Å². The third-order valence-corrected chi connectivity index (χ3v) is 4.38. The maximum atomic E-state index is 5.99. The van der Waals surface area contributed by atoms with Crippen molar-refractivity contribution in [2.45, 2.75) is 17.6 Å². The van der Waals surface area contributed by atoms with Crippen LogP contribution in [0.15, 0.2) is 35.4 Å². The molecule has 2 aromatic rings. The summed E-state index contributed by atoms with van der Waals surface area (Å²) in [5.74, 6) is 1.50. The number of ether oxygens (including phenoxy) is 1. The first kappa shape index (κ1) is 14.5. The number of aromatic nitrogens is 1. The van der Waals surface area contributed by atoms with Crippen molar-refractivity contribution >= 4 is 35.0 Å². The van der Waals surface area contributed by atoms with E-state index >= 15 is 0 Å². The van der Waals surface area contributed by atoms with Gasteiger partial charge in [-0.15, -0.1) is 11.8 Å². The van der Waals surface area contributed by atoms with Crippen LogP contribution in [0.4, 0.5) is 0 Å². The fourth-order valence-electron chi connectivity index (χ4n) is 1.65. The Morgan fingerprint density at radius 1 is 1.21 bits per heavy atom. The molecule has 100 valence electrons. The Balaban J connectivity index is 2.05. The number of nitrogens with zero attached hydrogens (tertiary/aromatic N) is 1. The average molecular weight is 314 g/mol. The van der Waals surface area contributed by atoms with E-state index in [-0.39, 0.29) is 0 Å². The number of thioether (sulfide) groups is 1. The lowest BCUT2D eigenvalue weighted by Crippen LogP contribution is -1.93. The highest BCUT2D eigenvalue weighted by Gasteiger charge is 2.04. The molecule has 0 amide bonds. The van der Waals surface area contributed by atoms with Gasteiger partial charge in [0.15, 0.2) is 0 Å². The Labute approximate surface area is 127 Å². The summed E-state index contributed by atoms with van der Waals surface area (Å²) in [6, 6.07) is 7.72. The van der Waals surface area contributed by atoms with Gasteiger partial charge >= 0.3 is 0 Å². The summed E-state index contributed by atoms with van der Waals surface area (Å²) in [7, 11) is 1.62. The second-order valence-electron chi connectivity index (χ2n) is 4.03. The van der Waals surface area contributed by atoms with Crippen molar-refractivity contribution in [2.75, 3.05) is 7.11 Å². The van der Waals surface area contributed by atoms with Gasteiger partial charge in [-0.1, -0.05) is 23.2 Å². The highest BCUT2D eigenvalue weighted by atomic mass is 35.5. The van der Waals surface area contributed by atoms with Crippen molar-refractivity contribution in [3.63, 3.8) is 0 Å². The third-order valence-electron chi connectivity index (χ3n) is 2.58. The van der Waals surface area contributed by atoms with Crippen LogP contribution in [0.2, 0.25) is 10.0 Å². The van der Waals surface area contributed by atoms with Gasteiger partial charge in [0.1, 0.15) is 0 Å². The zero-order valence-electron chi connectivity index (χ0n) is 10.6. The number of aryl methyl sites for hydroxylation is 1. The molecule has 0 atom stereocenters. The maximum Gasteiger partial charge on any atom is 0.215 e. The van der Waals surface area contributed by atoms with Crippen LogP contribution < -0.4 is 4.74 Å². The van der Waals surface area contributed by atoms with Gasteiger partial charge in [-0.25, -0.2) is 4.98 Å². The predicted molar refractivity (Wildman–Crippen MR) is 81.5 cm³/mol. The molecule has 19 heavy (non-hydrogen) atoms. The summed E-state index contributed by atoms with van der Waals surface area (Å²) in [5, 5.41) is 1.16. The molecular weight excluding hydrogens is 301 g/mol. The molecule has 1 aromatic heterocycles. The van der Waals surface area contributed by atoms with Gasteiger partial charge in [-0.2, -0.15) is 0 Å². The number of rotatable bonds is 4. The lowest BCUT2D eigenvalue weighted by atomic mass is 10.2. The van der Waals surface area contributed by atoms with Crippen molar-refractivity contribution in [2.24, 2.45) is 0 Å². The molecule has 0 aliphatic carbocycles. The Kier molecular flexibility index (Phi) is 4.97. The van der Waals surface area contributed by atoms with E-state index in [1.54, 1.807) is 18.9 Å². The lowest BCUT2D eigenvalue weighted by molar-refractivity contribution is 0.394. The van der Waals surface area contributed by atoms with Crippen LogP contribution in [0.3, 0.4) is 0 Å². The van der Waals surface area contributed by atoms with Crippen LogP contribution in [0.25, 0.3) is 0 Å². The molecule has 0 N–H and O–H groups in total. The molecule has 5 heteroatoms. The summed E-state index contributed by atoms with van der Waals surface area (Å²) in [5.41, 5.74) is 2.18. The Bertz CT molecular complexity index is 590. The van der Waals surface area contributed by atoms with E-state index in [4.69, 9.17) is 27.9 Å². The topological polar surface area (TPSA) is 22.1 Å². The SMILES string of the molecule is COc1ncc(CSc2ccc(Cl)c(Cl)c2)cc1C. The number of pyridine rings is 1. The largest absolute Gasteiger partial charge is 0.481 e. The first-order chi connectivity index (χ1) is 9.10. The zero-order valence-corrected chi connectivity index (χ0v) is 12.9. The zero-order chi connectivity index (χ0) is 13.8. The van der Waals surface area contributed by atoms with Crippen molar-refractivity contribution < 1.29 is 4.74 Å². The molecule has 1 heterocycles. The fourth-order valence-corrected chi connectivity index (χ4v) is 2.87. The first-order valence-electron chi connectivity index (χ1n) is 5.67. The van der Waals surface area contributed by atoms with E-state index in [0.717, 1.165) is 21.8 Å². The van der Waals surface area contributed by atoms with Crippen LogP contribution in [0.5, 0.6) is 5.88 Å². The highest BCUT2D eigenvalue weighted by Crippen LogP contribution is 2.30. The Hall–Kier alpha value is -0.900. The summed E-state index contributed by atoms with van der Waals surface area (Å²) >= 11 is 13.6. The molecule has 0 saturated heterocycles. The molecule has 0 unspecified atom stereocenters. The number of methoxy groups -OCH3 is 1. The van der Waals surface area contributed by atoms with E-state index in [1.165, 1.54) is 0 Å². The molecule has 0 bridgehead atoms. The quantitative estimate of drug-likeness (QED) is 0.742. The Morgan fingerprint density at radius 3 is 2.63 bits per heavy atom. The van der Waals surface area contributed by atoms with Crippen LogP contribution in [-0.2, 0) is 5.75 Å². The van der Waals surface area contributed by atoms with E-state index in [9.17, 15) is 0 Å². The first-order valence-corrected chi connectivity index (χ1v) is 7.41. The number of halogens is 2. The average Bonchev–Trinajstić information content (AvgIpc) is 2.40. The van der Waals surface area contributed by atoms with Crippen molar-refractivity contribution in [3.05, 3.63) is 51.6 Å². The minimum atomic E-state index is 0.577. The molecule has 2 rings (SSSR count). The summed E-state index contributed by atoms with van der Waals surface area (Å²) in [6.07, 6.45) is 1.83. The fraction of sp³-hybridized carbons (Fsp3) is 0.214. The Morgan fingerprint density at radius 2 is 2.00 bits per heavy atom. The highest BCUT2D eigenvalue weighted by molar-refractivity contribution is 7.98. The van der Waals surface area contributed by atoms with Gasteiger partial charge in [0.2, 0.25) is 5.88 Å². The van der Waals surface area contributed by atoms with Crippen molar-refractivity contribution in [3.8, 4) is 5.88 Å². The van der Waals surface area contributed by atoms with Gasteiger partial charge in [-0.3, -0.25) is 0 Å². The summed E-state index contributed by atoms with van der Waals surface area (Å²) < 4.78 is 5.14. The second-order valence-corrected chi connectivity index (χ2v) is 5.90. The number of benzene rings is 1. The van der Waals surface area contributed by atoms with Crippen molar-refractivity contribution in [1.29, 1.82) is 0 Å². The van der Waals surface area contributed by atoms with Gasteiger partial charge in [-0.05, 0) is 36.8 Å². The molecule has 2 nitrogen and oxygen atoms in total. The van der Waals surface area contributed by atoms with E-state index in [2.05, 4.69) is 11.1 Å². The third kappa shape index (κ3) is 3.78.